The summed E-state index contributed by atoms with van der Waals surface area (Å²) in [5.41, 5.74) is 2.16. The van der Waals surface area contributed by atoms with Gasteiger partial charge in [0.25, 0.3) is 0 Å². The molecule has 2 N–H and O–H groups in total. The predicted octanol–water partition coefficient (Wildman–Crippen LogP) is 3.32. The number of benzene rings is 2. The molecule has 0 atom stereocenters. The highest BCUT2D eigenvalue weighted by molar-refractivity contribution is 5.93. The van der Waals surface area contributed by atoms with Crippen LogP contribution in [0.2, 0.25) is 0 Å². The molecule has 0 amide bonds. The van der Waals surface area contributed by atoms with E-state index < -0.39 is 0 Å². The standard InChI is InChI=1S/C23H27N5O2/c1-24-23(27-19-8-9-20-21(16-19)30-15-5-14-29-20)26-11-10-22-25-12-13-28(22)17-18-6-3-2-4-7-18/h2-4,6-9,12-13,16H,5,10-11,14-15,17H2,1H3,(H2,24,26,27). The van der Waals surface area contributed by atoms with Gasteiger partial charge in [0.1, 0.15) is 5.82 Å². The third-order valence-corrected chi connectivity index (χ3v) is 4.87. The van der Waals surface area contributed by atoms with Crippen LogP contribution in [0.3, 0.4) is 0 Å². The maximum atomic E-state index is 5.76. The van der Waals surface area contributed by atoms with Gasteiger partial charge in [-0.25, -0.2) is 4.98 Å². The van der Waals surface area contributed by atoms with E-state index in [9.17, 15) is 0 Å². The minimum Gasteiger partial charge on any atom is -0.490 e. The number of aromatic nitrogens is 2. The summed E-state index contributed by atoms with van der Waals surface area (Å²) in [4.78, 5) is 8.83. The van der Waals surface area contributed by atoms with Gasteiger partial charge >= 0.3 is 0 Å². The topological polar surface area (TPSA) is 72.7 Å². The van der Waals surface area contributed by atoms with Crippen molar-refractivity contribution >= 4 is 11.6 Å². The highest BCUT2D eigenvalue weighted by atomic mass is 16.5. The lowest BCUT2D eigenvalue weighted by Crippen LogP contribution is -2.32. The maximum absolute atomic E-state index is 5.76. The van der Waals surface area contributed by atoms with Gasteiger partial charge in [-0.2, -0.15) is 0 Å². The number of guanidine groups is 1. The quantitative estimate of drug-likeness (QED) is 0.486. The van der Waals surface area contributed by atoms with Crippen LogP contribution in [-0.4, -0.2) is 42.3 Å². The molecule has 156 valence electrons. The summed E-state index contributed by atoms with van der Waals surface area (Å²) in [6.07, 6.45) is 5.55. The number of aliphatic imine (C=N–C) groups is 1. The summed E-state index contributed by atoms with van der Waals surface area (Å²) in [6, 6.07) is 16.2. The molecule has 0 unspecified atom stereocenters. The highest BCUT2D eigenvalue weighted by Gasteiger charge is 2.11. The van der Waals surface area contributed by atoms with Crippen molar-refractivity contribution in [3.05, 3.63) is 72.3 Å². The lowest BCUT2D eigenvalue weighted by atomic mass is 10.2. The second kappa shape index (κ2) is 9.82. The van der Waals surface area contributed by atoms with Crippen molar-refractivity contribution in [2.24, 2.45) is 4.99 Å². The summed E-state index contributed by atoms with van der Waals surface area (Å²) in [7, 11) is 1.76. The number of hydrogen-bond acceptors (Lipinski definition) is 4. The Morgan fingerprint density at radius 3 is 2.77 bits per heavy atom. The summed E-state index contributed by atoms with van der Waals surface area (Å²) in [6.45, 7) is 2.89. The van der Waals surface area contributed by atoms with E-state index in [1.165, 1.54) is 5.56 Å². The molecular formula is C23H27N5O2. The first-order valence-electron chi connectivity index (χ1n) is 10.2. The van der Waals surface area contributed by atoms with Crippen LogP contribution in [0.4, 0.5) is 5.69 Å². The van der Waals surface area contributed by atoms with Crippen molar-refractivity contribution in [1.29, 1.82) is 0 Å². The predicted molar refractivity (Wildman–Crippen MR) is 119 cm³/mol. The molecule has 1 aromatic heterocycles. The molecule has 0 saturated carbocycles. The second-order valence-corrected chi connectivity index (χ2v) is 7.04. The molecule has 0 bridgehead atoms. The van der Waals surface area contributed by atoms with Gasteiger partial charge in [0.05, 0.1) is 13.2 Å². The molecule has 0 radical (unpaired) electrons. The molecule has 4 rings (SSSR count). The Morgan fingerprint density at radius 1 is 1.10 bits per heavy atom. The van der Waals surface area contributed by atoms with Gasteiger partial charge < -0.3 is 24.7 Å². The zero-order chi connectivity index (χ0) is 20.6. The van der Waals surface area contributed by atoms with Gasteiger partial charge in [0.2, 0.25) is 0 Å². The Labute approximate surface area is 176 Å². The van der Waals surface area contributed by atoms with E-state index in [1.807, 2.05) is 36.7 Å². The van der Waals surface area contributed by atoms with E-state index in [0.29, 0.717) is 19.2 Å². The summed E-state index contributed by atoms with van der Waals surface area (Å²) >= 11 is 0. The minimum atomic E-state index is 0.666. The minimum absolute atomic E-state index is 0.666. The lowest BCUT2D eigenvalue weighted by Gasteiger charge is -2.14. The van der Waals surface area contributed by atoms with Crippen molar-refractivity contribution in [1.82, 2.24) is 14.9 Å². The van der Waals surface area contributed by atoms with Crippen LogP contribution in [0.25, 0.3) is 0 Å². The molecule has 3 aromatic rings. The van der Waals surface area contributed by atoms with Crippen LogP contribution in [0, 0.1) is 0 Å². The number of anilines is 1. The summed E-state index contributed by atoms with van der Waals surface area (Å²) in [5, 5.41) is 6.66. The second-order valence-electron chi connectivity index (χ2n) is 7.04. The molecule has 1 aliphatic heterocycles. The van der Waals surface area contributed by atoms with E-state index in [1.54, 1.807) is 7.05 Å². The first kappa shape index (κ1) is 19.8. The van der Waals surface area contributed by atoms with E-state index in [-0.39, 0.29) is 0 Å². The molecule has 0 fully saturated rings. The van der Waals surface area contributed by atoms with Crippen molar-refractivity contribution < 1.29 is 9.47 Å². The molecule has 7 nitrogen and oxygen atoms in total. The summed E-state index contributed by atoms with van der Waals surface area (Å²) in [5.74, 6) is 3.28. The fourth-order valence-corrected chi connectivity index (χ4v) is 3.34. The molecule has 2 aromatic carbocycles. The molecular weight excluding hydrogens is 378 g/mol. The van der Waals surface area contributed by atoms with Crippen LogP contribution >= 0.6 is 0 Å². The van der Waals surface area contributed by atoms with Gasteiger partial charge in [-0.15, -0.1) is 0 Å². The Hall–Kier alpha value is -3.48. The van der Waals surface area contributed by atoms with Gasteiger partial charge in [0, 0.05) is 57.1 Å². The van der Waals surface area contributed by atoms with Crippen molar-refractivity contribution in [2.45, 2.75) is 19.4 Å². The fourth-order valence-electron chi connectivity index (χ4n) is 3.34. The molecule has 7 heteroatoms. The normalized spacial score (nSPS) is 13.6. The van der Waals surface area contributed by atoms with Crippen LogP contribution in [0.1, 0.15) is 17.8 Å². The van der Waals surface area contributed by atoms with Gasteiger partial charge in [-0.05, 0) is 17.7 Å². The van der Waals surface area contributed by atoms with Gasteiger partial charge in [-0.3, -0.25) is 4.99 Å². The largest absolute Gasteiger partial charge is 0.490 e. The molecule has 1 aliphatic rings. The van der Waals surface area contributed by atoms with Crippen LogP contribution in [-0.2, 0) is 13.0 Å². The van der Waals surface area contributed by atoms with Crippen molar-refractivity contribution in [3.63, 3.8) is 0 Å². The maximum Gasteiger partial charge on any atom is 0.195 e. The third kappa shape index (κ3) is 5.11. The van der Waals surface area contributed by atoms with Crippen LogP contribution < -0.4 is 20.1 Å². The zero-order valence-corrected chi connectivity index (χ0v) is 17.2. The first-order valence-corrected chi connectivity index (χ1v) is 10.2. The average Bonchev–Trinajstić information content (AvgIpc) is 3.07. The molecule has 0 spiro atoms. The molecule has 30 heavy (non-hydrogen) atoms. The number of fused-ring (bicyclic) bond motifs is 1. The fraction of sp³-hybridized carbons (Fsp3) is 0.304. The van der Waals surface area contributed by atoms with Crippen LogP contribution in [0.5, 0.6) is 11.5 Å². The van der Waals surface area contributed by atoms with Gasteiger partial charge in [0.15, 0.2) is 17.5 Å². The number of rotatable bonds is 6. The lowest BCUT2D eigenvalue weighted by molar-refractivity contribution is 0.297. The average molecular weight is 406 g/mol. The highest BCUT2D eigenvalue weighted by Crippen LogP contribution is 2.32. The van der Waals surface area contributed by atoms with Crippen molar-refractivity contribution in [2.75, 3.05) is 32.1 Å². The Morgan fingerprint density at radius 2 is 1.93 bits per heavy atom. The number of nitrogens with zero attached hydrogens (tertiary/aromatic N) is 3. The first-order chi connectivity index (χ1) is 14.8. The zero-order valence-electron chi connectivity index (χ0n) is 17.2. The Balaban J connectivity index is 1.32. The Kier molecular flexibility index (Phi) is 6.49. The van der Waals surface area contributed by atoms with Crippen LogP contribution in [0.15, 0.2) is 65.9 Å². The molecule has 0 aliphatic carbocycles. The smallest absolute Gasteiger partial charge is 0.195 e. The molecule has 0 saturated heterocycles. The van der Waals surface area contributed by atoms with E-state index in [0.717, 1.165) is 48.9 Å². The third-order valence-electron chi connectivity index (χ3n) is 4.87. The van der Waals surface area contributed by atoms with E-state index >= 15 is 0 Å². The number of nitrogens with one attached hydrogen (secondary N) is 2. The molecule has 2 heterocycles. The number of hydrogen-bond donors (Lipinski definition) is 2. The van der Waals surface area contributed by atoms with Crippen molar-refractivity contribution in [3.8, 4) is 11.5 Å². The van der Waals surface area contributed by atoms with Gasteiger partial charge in [-0.1, -0.05) is 30.3 Å². The monoisotopic (exact) mass is 405 g/mol. The Bertz CT molecular complexity index is 984. The van der Waals surface area contributed by atoms with E-state index in [4.69, 9.17) is 9.47 Å². The number of ether oxygens (including phenoxy) is 2. The SMILES string of the molecule is CN=C(NCCc1nccn1Cc1ccccc1)Nc1ccc2c(c1)OCCCO2. The van der Waals surface area contributed by atoms with E-state index in [2.05, 4.69) is 49.4 Å². The number of imidazole rings is 1. The summed E-state index contributed by atoms with van der Waals surface area (Å²) < 4.78 is 13.6.